The number of aliphatic hydroxyl groups excluding tert-OH is 4. The molecule has 616 valence electrons. The van der Waals surface area contributed by atoms with Gasteiger partial charge in [-0.3, -0.25) is 43.7 Å². The third-order valence-corrected chi connectivity index (χ3v) is 24.0. The maximum atomic E-state index is 14.6. The maximum Gasteiger partial charge on any atom is 0.410 e. The number of ether oxygens (including phenoxy) is 4. The molecule has 4 bridgehead atoms. The molecule has 32 heteroatoms. The number of carboxylic acid groups (broad SMARTS) is 1. The summed E-state index contributed by atoms with van der Waals surface area (Å²) in [6.45, 7) is 11.3. The van der Waals surface area contributed by atoms with Crippen molar-refractivity contribution in [3.8, 4) is 16.9 Å². The van der Waals surface area contributed by atoms with E-state index in [2.05, 4.69) is 45.4 Å². The van der Waals surface area contributed by atoms with Crippen molar-refractivity contribution in [1.29, 1.82) is 0 Å². The van der Waals surface area contributed by atoms with Crippen molar-refractivity contribution in [2.24, 2.45) is 27.9 Å². The van der Waals surface area contributed by atoms with Crippen LogP contribution < -0.4 is 42.0 Å². The van der Waals surface area contributed by atoms with E-state index in [1.807, 2.05) is 59.0 Å². The van der Waals surface area contributed by atoms with Gasteiger partial charge in [0.1, 0.15) is 54.7 Å². The van der Waals surface area contributed by atoms with Gasteiger partial charge < -0.3 is 81.3 Å². The van der Waals surface area contributed by atoms with E-state index in [0.29, 0.717) is 96.2 Å². The fraction of sp³-hybridized carbons (Fsp3) is 0.476. The van der Waals surface area contributed by atoms with Crippen LogP contribution in [0.25, 0.3) is 21.3 Å². The largest absolute Gasteiger partial charge is 0.476 e. The van der Waals surface area contributed by atoms with Crippen LogP contribution in [0.1, 0.15) is 154 Å². The molecule has 1 saturated heterocycles. The highest BCUT2D eigenvalue weighted by molar-refractivity contribution is 7.22. The second kappa shape index (κ2) is 35.4. The first-order valence-electron chi connectivity index (χ1n) is 39.4. The van der Waals surface area contributed by atoms with Crippen molar-refractivity contribution in [3.63, 3.8) is 0 Å². The molecule has 0 radical (unpaired) electrons. The van der Waals surface area contributed by atoms with Crippen molar-refractivity contribution in [3.05, 3.63) is 161 Å². The van der Waals surface area contributed by atoms with Gasteiger partial charge in [0.15, 0.2) is 10.8 Å². The highest BCUT2D eigenvalue weighted by Gasteiger charge is 2.66. The predicted molar refractivity (Wildman–Crippen MR) is 427 cm³/mol. The van der Waals surface area contributed by atoms with E-state index in [-0.39, 0.29) is 110 Å². The van der Waals surface area contributed by atoms with E-state index in [9.17, 15) is 68.7 Å². The smallest absolute Gasteiger partial charge is 0.410 e. The normalized spacial score (nSPS) is 23.7. The Morgan fingerprint density at radius 3 is 2.22 bits per heavy atom. The van der Waals surface area contributed by atoms with Crippen molar-refractivity contribution < 1.29 is 87.6 Å². The van der Waals surface area contributed by atoms with Crippen molar-refractivity contribution in [1.82, 2.24) is 45.5 Å². The number of benzene rings is 4. The molecule has 9 atom stereocenters. The van der Waals surface area contributed by atoms with Crippen molar-refractivity contribution >= 4 is 91.7 Å². The Hall–Kier alpha value is -10.7. The Morgan fingerprint density at radius 2 is 1.51 bits per heavy atom. The summed E-state index contributed by atoms with van der Waals surface area (Å²) in [5.41, 5.74) is 10.7. The molecule has 4 aliphatic carbocycles. The molecule has 4 saturated carbocycles. The summed E-state index contributed by atoms with van der Waals surface area (Å²) >= 11 is 1.40. The number of rotatable bonds is 34. The van der Waals surface area contributed by atoms with Crippen LogP contribution in [0.5, 0.6) is 5.75 Å². The molecule has 5 fully saturated rings. The lowest BCUT2D eigenvalue weighted by Gasteiger charge is -2.69. The van der Waals surface area contributed by atoms with Gasteiger partial charge in [-0.15, -0.1) is 0 Å². The van der Waals surface area contributed by atoms with E-state index < -0.39 is 90.8 Å². The molecule has 14 rings (SSSR count). The summed E-state index contributed by atoms with van der Waals surface area (Å²) < 4.78 is 27.7. The van der Waals surface area contributed by atoms with E-state index in [1.54, 1.807) is 80.7 Å². The molecule has 0 spiro atoms. The molecule has 6 heterocycles. The second-order valence-corrected chi connectivity index (χ2v) is 33.8. The first kappa shape index (κ1) is 83.2. The van der Waals surface area contributed by atoms with Crippen LogP contribution >= 0.6 is 11.3 Å². The van der Waals surface area contributed by atoms with E-state index in [1.165, 1.54) is 28.4 Å². The Bertz CT molecular complexity index is 4790. The standard InChI is InChI=1S/C84H101N13O18S/c1-49(2)68(92-65(99)18-7-6-10-33-96-66(100)29-30-67(96)101)75(107)89-61(16-12-32-86-78(85)110)74(106)88-54-23-19-52(20-24-54)41-112-80(111)95(38-51-21-25-55(26-22-51)114-77-72(104)71(103)70(102)62(40-98)115-77)35-36-113-84-45-81(4)42-82(5,46-84)44-83(43-81,47-84)48-97-50(3)58(37-87-97)56-27-28-64(91-69(56)76(108)109)94-34-31-53-13-11-14-57(59(53)39-94)73(105)93-79-90-60-15-8-9-17-63(60)116-79/h8-9,11,13-15,17,19-30,37,49,61-62,68,70-72,77,98,102-104H,6-7,10,12,16,18,31-36,38-48H2,1-5H3,(H,88,106)(H,89,107)(H,92,99)(H,108,109)(H3,85,86,110)(H,90,93,105)/t61-,62+,68-,70+,71-,72+,77-,81?,82?,83?,84?/m0/s1. The molecule has 12 N–H and O–H groups in total. The molecule has 7 aromatic rings. The number of carboxylic acids is 1. The molecule has 2 unspecified atom stereocenters. The van der Waals surface area contributed by atoms with Gasteiger partial charge in [0.25, 0.3) is 17.7 Å². The first-order chi connectivity index (χ1) is 55.5. The molecular formula is C84H101N13O18S. The number of urea groups is 1. The number of nitrogens with two attached hydrogens (primary N) is 1. The van der Waals surface area contributed by atoms with Crippen LogP contribution in [0.2, 0.25) is 0 Å². The molecule has 116 heavy (non-hydrogen) atoms. The Morgan fingerprint density at radius 1 is 0.776 bits per heavy atom. The van der Waals surface area contributed by atoms with Crippen LogP contribution in [0.4, 0.5) is 26.2 Å². The summed E-state index contributed by atoms with van der Waals surface area (Å²) in [5, 5.41) is 71.6. The summed E-state index contributed by atoms with van der Waals surface area (Å²) in [4.78, 5) is 132. The van der Waals surface area contributed by atoms with E-state index >= 15 is 0 Å². The molecule has 9 amide bonds. The molecule has 31 nitrogen and oxygen atoms in total. The fourth-order valence-corrected chi connectivity index (χ4v) is 19.4. The minimum absolute atomic E-state index is 0.0388. The Kier molecular flexibility index (Phi) is 25.4. The quantitative estimate of drug-likeness (QED) is 0.0134. The van der Waals surface area contributed by atoms with Gasteiger partial charge >= 0.3 is 18.1 Å². The third kappa shape index (κ3) is 19.3. The lowest BCUT2D eigenvalue weighted by Crippen LogP contribution is -2.64. The number of unbranched alkanes of at least 4 members (excludes halogenated alkanes) is 2. The molecule has 3 aromatic heterocycles. The molecule has 4 aromatic carbocycles. The van der Waals surface area contributed by atoms with Crippen molar-refractivity contribution in [2.75, 3.05) is 54.9 Å². The zero-order valence-corrected chi connectivity index (χ0v) is 66.4. The van der Waals surface area contributed by atoms with Crippen LogP contribution in [0.3, 0.4) is 0 Å². The number of nitrogens with zero attached hydrogens (tertiary/aromatic N) is 7. The number of pyridine rings is 1. The van der Waals surface area contributed by atoms with Gasteiger partial charge in [-0.25, -0.2) is 24.4 Å². The zero-order valence-electron chi connectivity index (χ0n) is 65.6. The SMILES string of the molecule is Cc1c(-c2ccc(N3CCc4cccc(C(=O)Nc5nc6ccccc6s5)c4C3)nc2C(=O)O)cnn1CC12CC3(C)CC(C)(C1)CC(OCCN(Cc1ccc(O[C@H]4O[C@H](CO)[C@@H](O)[C@H](O)[C@H]4O)cc1)C(=O)OCc1ccc(NC(=O)[C@H](CCCNC(N)=O)NC(=O)[C@@H](NC(=O)CCCCCN4C(=O)C=CC4=O)C(C)C)cc1)(C3)C2. The number of hydrogen-bond acceptors (Lipinski definition) is 22. The summed E-state index contributed by atoms with van der Waals surface area (Å²) in [7, 11) is 0. The van der Waals surface area contributed by atoms with Crippen LogP contribution in [-0.2, 0) is 70.8 Å². The molecular weight excluding hydrogens is 1510 g/mol. The van der Waals surface area contributed by atoms with Crippen LogP contribution in [-0.4, -0.2) is 196 Å². The number of fused-ring (bicyclic) bond motifs is 2. The van der Waals surface area contributed by atoms with Crippen molar-refractivity contribution in [2.45, 2.75) is 193 Å². The van der Waals surface area contributed by atoms with Gasteiger partial charge in [-0.1, -0.05) is 94.0 Å². The monoisotopic (exact) mass is 1610 g/mol. The van der Waals surface area contributed by atoms with Gasteiger partial charge in [-0.2, -0.15) is 5.10 Å². The predicted octanol–water partition coefficient (Wildman–Crippen LogP) is 8.03. The number of aliphatic hydroxyl groups is 4. The number of primary amides is 1. The first-order valence-corrected chi connectivity index (χ1v) is 40.3. The number of carbonyl (C=O) groups is 9. The lowest BCUT2D eigenvalue weighted by molar-refractivity contribution is -0.277. The highest BCUT2D eigenvalue weighted by atomic mass is 32.1. The number of aromatic nitrogens is 4. The average Bonchev–Trinajstić information content (AvgIpc) is 1.08. The maximum absolute atomic E-state index is 14.6. The van der Waals surface area contributed by atoms with E-state index in [0.717, 1.165) is 64.0 Å². The van der Waals surface area contributed by atoms with Crippen LogP contribution in [0.15, 0.2) is 121 Å². The summed E-state index contributed by atoms with van der Waals surface area (Å²) in [5.74, 6) is -3.52. The number of carbonyl (C=O) groups excluding carboxylic acids is 8. The number of hydrogen-bond donors (Lipinski definition) is 11. The fourth-order valence-electron chi connectivity index (χ4n) is 18.6. The number of amides is 9. The Labute approximate surface area is 674 Å². The van der Waals surface area contributed by atoms with Gasteiger partial charge in [-0.05, 0) is 177 Å². The zero-order chi connectivity index (χ0) is 82.4. The minimum Gasteiger partial charge on any atom is -0.476 e. The number of para-hydroxylation sites is 1. The molecule has 3 aliphatic heterocycles. The van der Waals surface area contributed by atoms with Crippen LogP contribution in [0, 0.1) is 29.1 Å². The minimum atomic E-state index is -1.66. The second-order valence-electron chi connectivity index (χ2n) is 32.8. The Balaban J connectivity index is 0.665. The third-order valence-electron chi connectivity index (χ3n) is 23.0. The number of thiazole rings is 1. The molecule has 7 aliphatic rings. The topological polar surface area (TPSA) is 431 Å². The number of imide groups is 1. The number of aromatic carboxylic acids is 1. The summed E-state index contributed by atoms with van der Waals surface area (Å²) in [6.07, 6.45) is 3.57. The van der Waals surface area contributed by atoms with Gasteiger partial charge in [0.2, 0.25) is 24.0 Å². The van der Waals surface area contributed by atoms with Gasteiger partial charge in [0, 0.05) is 92.5 Å². The average molecular weight is 1610 g/mol. The van der Waals surface area contributed by atoms with Gasteiger partial charge in [0.05, 0.1) is 35.2 Å². The number of nitrogens with one attached hydrogen (secondary N) is 5. The highest BCUT2D eigenvalue weighted by Crippen LogP contribution is 2.72. The number of anilines is 3. The summed E-state index contributed by atoms with van der Waals surface area (Å²) in [6, 6.07) is 27.3. The van der Waals surface area contributed by atoms with E-state index in [4.69, 9.17) is 34.8 Å². The lowest BCUT2D eigenvalue weighted by atomic mass is 9.39.